The van der Waals surface area contributed by atoms with E-state index in [1.807, 2.05) is 0 Å². The number of hydrogen-bond acceptors (Lipinski definition) is 2. The van der Waals surface area contributed by atoms with Crippen LogP contribution in [0.1, 0.15) is 31.2 Å². The number of nitrogens with two attached hydrogens (primary N) is 1. The molecule has 1 saturated carbocycles. The SMILES string of the molecule is NC(=O)C1CCCC1NC(=O)CC=Cc1ccc(F)cc1. The van der Waals surface area contributed by atoms with Crippen molar-refractivity contribution in [2.75, 3.05) is 0 Å². The van der Waals surface area contributed by atoms with Gasteiger partial charge in [-0.1, -0.05) is 30.7 Å². The molecule has 0 spiro atoms. The summed E-state index contributed by atoms with van der Waals surface area (Å²) in [6.07, 6.45) is 6.14. The average Bonchev–Trinajstić information content (AvgIpc) is 2.89. The summed E-state index contributed by atoms with van der Waals surface area (Å²) in [6.45, 7) is 0. The predicted molar refractivity (Wildman–Crippen MR) is 78.5 cm³/mol. The van der Waals surface area contributed by atoms with Gasteiger partial charge in [-0.2, -0.15) is 0 Å². The van der Waals surface area contributed by atoms with Gasteiger partial charge >= 0.3 is 0 Å². The molecule has 2 amide bonds. The summed E-state index contributed by atoms with van der Waals surface area (Å²) >= 11 is 0. The summed E-state index contributed by atoms with van der Waals surface area (Å²) < 4.78 is 12.7. The van der Waals surface area contributed by atoms with E-state index in [4.69, 9.17) is 5.73 Å². The van der Waals surface area contributed by atoms with Gasteiger partial charge in [-0.25, -0.2) is 4.39 Å². The van der Waals surface area contributed by atoms with E-state index in [0.29, 0.717) is 0 Å². The number of carbonyl (C=O) groups excluding carboxylic acids is 2. The van der Waals surface area contributed by atoms with Gasteiger partial charge < -0.3 is 11.1 Å². The molecule has 1 fully saturated rings. The highest BCUT2D eigenvalue weighted by Gasteiger charge is 2.32. The summed E-state index contributed by atoms with van der Waals surface area (Å²) in [5, 5.41) is 2.85. The van der Waals surface area contributed by atoms with Gasteiger partial charge in [-0.05, 0) is 30.5 Å². The molecule has 0 aromatic heterocycles. The van der Waals surface area contributed by atoms with Gasteiger partial charge in [0.25, 0.3) is 0 Å². The molecule has 112 valence electrons. The molecule has 0 aliphatic heterocycles. The Labute approximate surface area is 123 Å². The molecule has 2 rings (SSSR count). The molecule has 1 aliphatic carbocycles. The standard InChI is InChI=1S/C16H19FN2O2/c17-12-9-7-11(8-10-12)3-1-6-15(20)19-14-5-2-4-13(14)16(18)21/h1,3,7-10,13-14H,2,4-6H2,(H2,18,21)(H,19,20). The molecular weight excluding hydrogens is 271 g/mol. The largest absolute Gasteiger partial charge is 0.369 e. The van der Waals surface area contributed by atoms with Gasteiger partial charge in [0.2, 0.25) is 11.8 Å². The van der Waals surface area contributed by atoms with Gasteiger partial charge in [-0.3, -0.25) is 9.59 Å². The maximum Gasteiger partial charge on any atom is 0.224 e. The lowest BCUT2D eigenvalue weighted by atomic mass is 10.0. The second-order valence-corrected chi connectivity index (χ2v) is 5.27. The minimum atomic E-state index is -0.348. The van der Waals surface area contributed by atoms with Gasteiger partial charge in [0.15, 0.2) is 0 Å². The number of rotatable bonds is 5. The number of benzene rings is 1. The van der Waals surface area contributed by atoms with Crippen LogP contribution in [0.3, 0.4) is 0 Å². The average molecular weight is 290 g/mol. The van der Waals surface area contributed by atoms with Crippen LogP contribution < -0.4 is 11.1 Å². The molecule has 1 aliphatic rings. The number of hydrogen-bond donors (Lipinski definition) is 2. The molecule has 21 heavy (non-hydrogen) atoms. The summed E-state index contributed by atoms with van der Waals surface area (Å²) in [7, 11) is 0. The van der Waals surface area contributed by atoms with E-state index in [1.165, 1.54) is 12.1 Å². The highest BCUT2D eigenvalue weighted by atomic mass is 19.1. The van der Waals surface area contributed by atoms with Gasteiger partial charge in [-0.15, -0.1) is 0 Å². The van der Waals surface area contributed by atoms with E-state index in [-0.39, 0.29) is 36.0 Å². The van der Waals surface area contributed by atoms with E-state index in [0.717, 1.165) is 24.8 Å². The Hall–Kier alpha value is -2.17. The smallest absolute Gasteiger partial charge is 0.224 e. The Morgan fingerprint density at radius 3 is 2.67 bits per heavy atom. The Balaban J connectivity index is 1.82. The van der Waals surface area contributed by atoms with Crippen LogP contribution >= 0.6 is 0 Å². The van der Waals surface area contributed by atoms with Crippen LogP contribution in [0.25, 0.3) is 6.08 Å². The fourth-order valence-corrected chi connectivity index (χ4v) is 2.61. The molecule has 5 heteroatoms. The maximum absolute atomic E-state index is 12.7. The van der Waals surface area contributed by atoms with E-state index >= 15 is 0 Å². The number of amides is 2. The van der Waals surface area contributed by atoms with Crippen molar-refractivity contribution < 1.29 is 14.0 Å². The lowest BCUT2D eigenvalue weighted by Crippen LogP contribution is -2.42. The van der Waals surface area contributed by atoms with Crippen LogP contribution in [0.15, 0.2) is 30.3 Å². The monoisotopic (exact) mass is 290 g/mol. The fourth-order valence-electron chi connectivity index (χ4n) is 2.61. The zero-order valence-corrected chi connectivity index (χ0v) is 11.7. The first kappa shape index (κ1) is 15.2. The van der Waals surface area contributed by atoms with Crippen molar-refractivity contribution in [2.24, 2.45) is 11.7 Å². The molecule has 2 atom stereocenters. The van der Waals surface area contributed by atoms with Crippen molar-refractivity contribution in [3.05, 3.63) is 41.7 Å². The molecule has 0 radical (unpaired) electrons. The normalized spacial score (nSPS) is 21.6. The number of carbonyl (C=O) groups is 2. The molecule has 3 N–H and O–H groups in total. The first-order valence-corrected chi connectivity index (χ1v) is 7.07. The first-order valence-electron chi connectivity index (χ1n) is 7.07. The van der Waals surface area contributed by atoms with E-state index in [1.54, 1.807) is 24.3 Å². The third-order valence-corrected chi connectivity index (χ3v) is 3.71. The van der Waals surface area contributed by atoms with Crippen molar-refractivity contribution in [3.8, 4) is 0 Å². The number of nitrogens with one attached hydrogen (secondary N) is 1. The number of halogens is 1. The van der Waals surface area contributed by atoms with Crippen LogP contribution in [-0.2, 0) is 9.59 Å². The van der Waals surface area contributed by atoms with Crippen LogP contribution in [0, 0.1) is 11.7 Å². The molecule has 1 aromatic rings. The predicted octanol–water partition coefficient (Wildman–Crippen LogP) is 2.00. The molecule has 0 bridgehead atoms. The van der Waals surface area contributed by atoms with Gasteiger partial charge in [0, 0.05) is 12.5 Å². The lowest BCUT2D eigenvalue weighted by Gasteiger charge is -2.17. The molecular formula is C16H19FN2O2. The minimum absolute atomic E-state index is 0.133. The van der Waals surface area contributed by atoms with Crippen molar-refractivity contribution in [1.29, 1.82) is 0 Å². The molecule has 4 nitrogen and oxygen atoms in total. The van der Waals surface area contributed by atoms with Crippen LogP contribution in [0.2, 0.25) is 0 Å². The van der Waals surface area contributed by atoms with E-state index < -0.39 is 0 Å². The quantitative estimate of drug-likeness (QED) is 0.870. The van der Waals surface area contributed by atoms with E-state index in [9.17, 15) is 14.0 Å². The topological polar surface area (TPSA) is 72.2 Å². The summed E-state index contributed by atoms with van der Waals surface area (Å²) in [4.78, 5) is 23.1. The maximum atomic E-state index is 12.7. The minimum Gasteiger partial charge on any atom is -0.369 e. The summed E-state index contributed by atoms with van der Waals surface area (Å²) in [5.41, 5.74) is 6.15. The van der Waals surface area contributed by atoms with Crippen LogP contribution in [0.5, 0.6) is 0 Å². The van der Waals surface area contributed by atoms with Crippen LogP contribution in [-0.4, -0.2) is 17.9 Å². The molecule has 2 unspecified atom stereocenters. The molecule has 1 aromatic carbocycles. The van der Waals surface area contributed by atoms with Crippen molar-refractivity contribution in [2.45, 2.75) is 31.7 Å². The first-order chi connectivity index (χ1) is 10.1. The highest BCUT2D eigenvalue weighted by molar-refractivity contribution is 5.82. The zero-order valence-electron chi connectivity index (χ0n) is 11.7. The summed E-state index contributed by atoms with van der Waals surface area (Å²) in [6, 6.07) is 5.88. The summed E-state index contributed by atoms with van der Waals surface area (Å²) in [5.74, 6) is -1.02. The van der Waals surface area contributed by atoms with E-state index in [2.05, 4.69) is 5.32 Å². The Morgan fingerprint density at radius 1 is 1.29 bits per heavy atom. The second-order valence-electron chi connectivity index (χ2n) is 5.27. The molecule has 0 heterocycles. The Bertz CT molecular complexity index is 540. The third kappa shape index (κ3) is 4.41. The van der Waals surface area contributed by atoms with Gasteiger partial charge in [0.1, 0.15) is 5.82 Å². The lowest BCUT2D eigenvalue weighted by molar-refractivity contribution is -0.124. The number of primary amides is 1. The highest BCUT2D eigenvalue weighted by Crippen LogP contribution is 2.25. The van der Waals surface area contributed by atoms with Gasteiger partial charge in [0.05, 0.1) is 5.92 Å². The fraction of sp³-hybridized carbons (Fsp3) is 0.375. The van der Waals surface area contributed by atoms with Crippen molar-refractivity contribution in [3.63, 3.8) is 0 Å². The Morgan fingerprint density at radius 2 is 2.00 bits per heavy atom. The second kappa shape index (κ2) is 7.02. The van der Waals surface area contributed by atoms with Crippen molar-refractivity contribution in [1.82, 2.24) is 5.32 Å². The van der Waals surface area contributed by atoms with Crippen molar-refractivity contribution >= 4 is 17.9 Å². The molecule has 0 saturated heterocycles. The Kier molecular flexibility index (Phi) is 5.09. The van der Waals surface area contributed by atoms with Crippen LogP contribution in [0.4, 0.5) is 4.39 Å². The zero-order chi connectivity index (χ0) is 15.2. The third-order valence-electron chi connectivity index (χ3n) is 3.71.